The SMILES string of the molecule is CCOC(=O)c1[nH]c(C)c(C(=O)CN2CCC(NC(=O)Nc3ccccc3)CC2)c1C. The number of rotatable bonds is 7. The second kappa shape index (κ2) is 10.3. The number of hydrogen-bond donors (Lipinski definition) is 3. The van der Waals surface area contributed by atoms with Gasteiger partial charge in [-0.3, -0.25) is 9.69 Å². The smallest absolute Gasteiger partial charge is 0.355 e. The molecule has 1 aliphatic rings. The molecular weight excluding hydrogens is 396 g/mol. The molecule has 166 valence electrons. The zero-order chi connectivity index (χ0) is 22.4. The number of nitrogens with one attached hydrogen (secondary N) is 3. The van der Waals surface area contributed by atoms with Gasteiger partial charge in [0.1, 0.15) is 5.69 Å². The number of urea groups is 1. The van der Waals surface area contributed by atoms with E-state index in [9.17, 15) is 14.4 Å². The first-order valence-corrected chi connectivity index (χ1v) is 10.6. The number of ether oxygens (including phenoxy) is 1. The van der Waals surface area contributed by atoms with Crippen molar-refractivity contribution in [3.05, 3.63) is 52.8 Å². The van der Waals surface area contributed by atoms with Crippen LogP contribution in [0, 0.1) is 13.8 Å². The Labute approximate surface area is 182 Å². The van der Waals surface area contributed by atoms with Crippen LogP contribution < -0.4 is 10.6 Å². The highest BCUT2D eigenvalue weighted by Gasteiger charge is 2.26. The summed E-state index contributed by atoms with van der Waals surface area (Å²) in [6.45, 7) is 7.31. The van der Waals surface area contributed by atoms with Gasteiger partial charge >= 0.3 is 12.0 Å². The summed E-state index contributed by atoms with van der Waals surface area (Å²) in [5, 5.41) is 5.83. The highest BCUT2D eigenvalue weighted by molar-refractivity contribution is 6.03. The molecule has 3 rings (SSSR count). The number of esters is 1. The highest BCUT2D eigenvalue weighted by Crippen LogP contribution is 2.21. The second-order valence-corrected chi connectivity index (χ2v) is 7.78. The molecule has 1 aromatic heterocycles. The van der Waals surface area contributed by atoms with Crippen molar-refractivity contribution in [2.24, 2.45) is 0 Å². The third-order valence-electron chi connectivity index (χ3n) is 5.52. The van der Waals surface area contributed by atoms with Crippen molar-refractivity contribution < 1.29 is 19.1 Å². The average molecular weight is 427 g/mol. The van der Waals surface area contributed by atoms with Crippen LogP contribution >= 0.6 is 0 Å². The Morgan fingerprint density at radius 2 is 1.81 bits per heavy atom. The Morgan fingerprint density at radius 1 is 1.13 bits per heavy atom. The van der Waals surface area contributed by atoms with Gasteiger partial charge in [-0.25, -0.2) is 9.59 Å². The minimum absolute atomic E-state index is 0.0185. The summed E-state index contributed by atoms with van der Waals surface area (Å²) >= 11 is 0. The molecule has 0 radical (unpaired) electrons. The summed E-state index contributed by atoms with van der Waals surface area (Å²) in [6.07, 6.45) is 1.54. The molecule has 0 spiro atoms. The number of carbonyl (C=O) groups is 3. The number of aromatic amines is 1. The normalized spacial score (nSPS) is 14.8. The molecule has 8 nitrogen and oxygen atoms in total. The van der Waals surface area contributed by atoms with Crippen LogP contribution in [0.15, 0.2) is 30.3 Å². The topological polar surface area (TPSA) is 104 Å². The molecule has 2 amide bonds. The van der Waals surface area contributed by atoms with Gasteiger partial charge in [0, 0.05) is 36.1 Å². The predicted octanol–water partition coefficient (Wildman–Crippen LogP) is 3.28. The fourth-order valence-electron chi connectivity index (χ4n) is 3.97. The lowest BCUT2D eigenvalue weighted by Crippen LogP contribution is -2.47. The van der Waals surface area contributed by atoms with Gasteiger partial charge in [-0.15, -0.1) is 0 Å². The van der Waals surface area contributed by atoms with Gasteiger partial charge in [0.2, 0.25) is 0 Å². The van der Waals surface area contributed by atoms with Crippen molar-refractivity contribution in [2.75, 3.05) is 31.6 Å². The third-order valence-corrected chi connectivity index (χ3v) is 5.52. The number of H-pyrrole nitrogens is 1. The maximum Gasteiger partial charge on any atom is 0.355 e. The van der Waals surface area contributed by atoms with E-state index < -0.39 is 5.97 Å². The summed E-state index contributed by atoms with van der Waals surface area (Å²) in [5.41, 5.74) is 2.97. The van der Waals surface area contributed by atoms with Gasteiger partial charge in [-0.05, 0) is 51.3 Å². The standard InChI is InChI=1S/C23H30N4O4/c1-4-31-22(29)21-15(2)20(16(3)24-21)19(28)14-27-12-10-18(11-13-27)26-23(30)25-17-8-6-5-7-9-17/h5-9,18,24H,4,10-14H2,1-3H3,(H2,25,26,30). The maximum atomic E-state index is 12.9. The number of para-hydroxylation sites is 1. The fraction of sp³-hybridized carbons (Fsp3) is 0.435. The molecule has 0 saturated carbocycles. The molecular formula is C23H30N4O4. The highest BCUT2D eigenvalue weighted by atomic mass is 16.5. The number of likely N-dealkylation sites (tertiary alicyclic amines) is 1. The molecule has 0 aliphatic carbocycles. The van der Waals surface area contributed by atoms with Crippen LogP contribution in [0.2, 0.25) is 0 Å². The molecule has 31 heavy (non-hydrogen) atoms. The van der Waals surface area contributed by atoms with Gasteiger partial charge < -0.3 is 20.4 Å². The van der Waals surface area contributed by atoms with Gasteiger partial charge in [0.05, 0.1) is 13.2 Å². The number of amides is 2. The minimum atomic E-state index is -0.442. The number of piperidine rings is 1. The van der Waals surface area contributed by atoms with E-state index in [0.29, 0.717) is 22.5 Å². The Bertz CT molecular complexity index is 931. The van der Waals surface area contributed by atoms with Crippen LogP contribution in [0.5, 0.6) is 0 Å². The summed E-state index contributed by atoms with van der Waals surface area (Å²) in [4.78, 5) is 42.2. The van der Waals surface area contributed by atoms with E-state index in [1.54, 1.807) is 20.8 Å². The van der Waals surface area contributed by atoms with E-state index in [4.69, 9.17) is 4.74 Å². The van der Waals surface area contributed by atoms with E-state index in [1.165, 1.54) is 0 Å². The Hall–Kier alpha value is -3.13. The van der Waals surface area contributed by atoms with Crippen molar-refractivity contribution in [1.82, 2.24) is 15.2 Å². The second-order valence-electron chi connectivity index (χ2n) is 7.78. The van der Waals surface area contributed by atoms with Crippen molar-refractivity contribution in [3.8, 4) is 0 Å². The van der Waals surface area contributed by atoms with Crippen LogP contribution in [-0.4, -0.2) is 60.0 Å². The first-order chi connectivity index (χ1) is 14.9. The molecule has 1 fully saturated rings. The Balaban J connectivity index is 1.50. The van der Waals surface area contributed by atoms with E-state index in [-0.39, 0.29) is 31.0 Å². The zero-order valence-corrected chi connectivity index (χ0v) is 18.3. The van der Waals surface area contributed by atoms with Gasteiger partial charge in [-0.1, -0.05) is 18.2 Å². The number of aromatic nitrogens is 1. The molecule has 1 saturated heterocycles. The molecule has 0 atom stereocenters. The molecule has 1 aromatic carbocycles. The van der Waals surface area contributed by atoms with E-state index in [2.05, 4.69) is 20.5 Å². The Kier molecular flexibility index (Phi) is 7.46. The van der Waals surface area contributed by atoms with Crippen molar-refractivity contribution >= 4 is 23.5 Å². The molecule has 0 unspecified atom stereocenters. The van der Waals surface area contributed by atoms with Crippen LogP contribution in [0.1, 0.15) is 51.9 Å². The monoisotopic (exact) mass is 426 g/mol. The van der Waals surface area contributed by atoms with E-state index in [1.807, 2.05) is 30.3 Å². The fourth-order valence-corrected chi connectivity index (χ4v) is 3.97. The van der Waals surface area contributed by atoms with Crippen molar-refractivity contribution in [3.63, 3.8) is 0 Å². The molecule has 8 heteroatoms. The number of ketones is 1. The molecule has 2 aromatic rings. The largest absolute Gasteiger partial charge is 0.461 e. The number of benzene rings is 1. The minimum Gasteiger partial charge on any atom is -0.461 e. The van der Waals surface area contributed by atoms with Gasteiger partial charge in [-0.2, -0.15) is 0 Å². The van der Waals surface area contributed by atoms with Gasteiger partial charge in [0.15, 0.2) is 5.78 Å². The quantitative estimate of drug-likeness (QED) is 0.466. The first kappa shape index (κ1) is 22.6. The number of hydrogen-bond acceptors (Lipinski definition) is 5. The van der Waals surface area contributed by atoms with E-state index >= 15 is 0 Å². The summed E-state index contributed by atoms with van der Waals surface area (Å²) < 4.78 is 5.06. The number of anilines is 1. The third kappa shape index (κ3) is 5.73. The maximum absolute atomic E-state index is 12.9. The lowest BCUT2D eigenvalue weighted by Gasteiger charge is -2.31. The lowest BCUT2D eigenvalue weighted by atomic mass is 10.0. The lowest BCUT2D eigenvalue weighted by molar-refractivity contribution is 0.0519. The van der Waals surface area contributed by atoms with Crippen LogP contribution in [0.25, 0.3) is 0 Å². The van der Waals surface area contributed by atoms with E-state index in [0.717, 1.165) is 31.6 Å². The summed E-state index contributed by atoms with van der Waals surface area (Å²) in [7, 11) is 0. The predicted molar refractivity (Wildman–Crippen MR) is 119 cm³/mol. The number of aryl methyl sites for hydroxylation is 1. The molecule has 3 N–H and O–H groups in total. The number of Topliss-reactive ketones (excluding diaryl/α,β-unsaturated/α-hetero) is 1. The molecule has 0 bridgehead atoms. The van der Waals surface area contributed by atoms with Crippen LogP contribution in [-0.2, 0) is 4.74 Å². The molecule has 2 heterocycles. The molecule has 1 aliphatic heterocycles. The van der Waals surface area contributed by atoms with Gasteiger partial charge in [0.25, 0.3) is 0 Å². The summed E-state index contributed by atoms with van der Waals surface area (Å²) in [6, 6.07) is 9.17. The number of carbonyl (C=O) groups excluding carboxylic acids is 3. The van der Waals surface area contributed by atoms with Crippen LogP contribution in [0.3, 0.4) is 0 Å². The average Bonchev–Trinajstić information content (AvgIpc) is 3.04. The van der Waals surface area contributed by atoms with Crippen LogP contribution in [0.4, 0.5) is 10.5 Å². The Morgan fingerprint density at radius 3 is 2.45 bits per heavy atom. The summed E-state index contributed by atoms with van der Waals surface area (Å²) in [5.74, 6) is -0.460. The zero-order valence-electron chi connectivity index (χ0n) is 18.3. The van der Waals surface area contributed by atoms with Crippen molar-refractivity contribution in [1.29, 1.82) is 0 Å². The number of nitrogens with zero attached hydrogens (tertiary/aromatic N) is 1. The van der Waals surface area contributed by atoms with Crippen molar-refractivity contribution in [2.45, 2.75) is 39.7 Å². The first-order valence-electron chi connectivity index (χ1n) is 10.6.